The normalized spacial score (nSPS) is 16.9. The van der Waals surface area contributed by atoms with Crippen LogP contribution in [0.4, 0.5) is 10.5 Å². The van der Waals surface area contributed by atoms with E-state index in [9.17, 15) is 4.79 Å². The van der Waals surface area contributed by atoms with Crippen molar-refractivity contribution in [3.63, 3.8) is 0 Å². The third-order valence-electron chi connectivity index (χ3n) is 4.61. The molecule has 2 aromatic carbocycles. The summed E-state index contributed by atoms with van der Waals surface area (Å²) in [4.78, 5) is 18.9. The molecular weight excluding hydrogens is 364 g/mol. The molecule has 0 radical (unpaired) electrons. The van der Waals surface area contributed by atoms with Crippen molar-refractivity contribution in [3.05, 3.63) is 65.5 Å². The number of nitrogens with zero attached hydrogens (tertiary/aromatic N) is 3. The Balaban J connectivity index is 1.45. The lowest BCUT2D eigenvalue weighted by Crippen LogP contribution is -2.41. The molecule has 4 rings (SSSR count). The third-order valence-corrected chi connectivity index (χ3v) is 4.84. The van der Waals surface area contributed by atoms with E-state index in [4.69, 9.17) is 16.1 Å². The second kappa shape index (κ2) is 7.80. The lowest BCUT2D eigenvalue weighted by Gasteiger charge is -2.31. The van der Waals surface area contributed by atoms with Gasteiger partial charge in [-0.05, 0) is 37.1 Å². The van der Waals surface area contributed by atoms with Crippen molar-refractivity contribution in [2.75, 3.05) is 18.4 Å². The predicted octanol–water partition coefficient (Wildman–Crippen LogP) is 4.80. The van der Waals surface area contributed by atoms with Crippen LogP contribution in [0.2, 0.25) is 5.02 Å². The number of anilines is 1. The molecule has 0 aliphatic carbocycles. The highest BCUT2D eigenvalue weighted by molar-refractivity contribution is 6.30. The monoisotopic (exact) mass is 382 g/mol. The number of piperidine rings is 1. The van der Waals surface area contributed by atoms with E-state index >= 15 is 0 Å². The van der Waals surface area contributed by atoms with Gasteiger partial charge in [0.15, 0.2) is 0 Å². The van der Waals surface area contributed by atoms with Crippen LogP contribution in [-0.2, 0) is 0 Å². The van der Waals surface area contributed by atoms with E-state index in [1.165, 1.54) is 0 Å². The summed E-state index contributed by atoms with van der Waals surface area (Å²) in [6.07, 6.45) is 1.80. The molecule has 1 unspecified atom stereocenters. The second-order valence-corrected chi connectivity index (χ2v) is 6.98. The van der Waals surface area contributed by atoms with Crippen LogP contribution in [0.5, 0.6) is 0 Å². The zero-order chi connectivity index (χ0) is 18.6. The molecule has 1 saturated heterocycles. The number of urea groups is 1. The van der Waals surface area contributed by atoms with Crippen molar-refractivity contribution in [1.82, 2.24) is 15.0 Å². The first kappa shape index (κ1) is 17.5. The van der Waals surface area contributed by atoms with Gasteiger partial charge in [-0.2, -0.15) is 4.98 Å². The maximum atomic E-state index is 12.5. The molecule has 6 nitrogen and oxygen atoms in total. The van der Waals surface area contributed by atoms with Crippen LogP contribution in [0, 0.1) is 0 Å². The number of para-hydroxylation sites is 1. The fourth-order valence-corrected chi connectivity index (χ4v) is 3.42. The van der Waals surface area contributed by atoms with Crippen LogP contribution in [0.3, 0.4) is 0 Å². The maximum absolute atomic E-state index is 12.5. The summed E-state index contributed by atoms with van der Waals surface area (Å²) in [6.45, 7) is 1.26. The van der Waals surface area contributed by atoms with Gasteiger partial charge in [-0.25, -0.2) is 4.79 Å². The van der Waals surface area contributed by atoms with E-state index in [-0.39, 0.29) is 11.9 Å². The Kier molecular flexibility index (Phi) is 5.07. The van der Waals surface area contributed by atoms with Crippen LogP contribution in [0.1, 0.15) is 24.7 Å². The predicted molar refractivity (Wildman–Crippen MR) is 104 cm³/mol. The van der Waals surface area contributed by atoms with Gasteiger partial charge in [-0.15, -0.1) is 0 Å². The van der Waals surface area contributed by atoms with Crippen LogP contribution in [0.25, 0.3) is 11.4 Å². The SMILES string of the molecule is O=C(Nc1ccccc1)N1CCCC(c2nc(-c3cccc(Cl)c3)no2)C1. The fourth-order valence-electron chi connectivity index (χ4n) is 3.23. The van der Waals surface area contributed by atoms with Gasteiger partial charge in [0, 0.05) is 29.4 Å². The molecule has 1 atom stereocenters. The Morgan fingerprint density at radius 3 is 2.85 bits per heavy atom. The third kappa shape index (κ3) is 4.11. The molecule has 27 heavy (non-hydrogen) atoms. The fraction of sp³-hybridized carbons (Fsp3) is 0.250. The van der Waals surface area contributed by atoms with Crippen molar-refractivity contribution in [3.8, 4) is 11.4 Å². The summed E-state index contributed by atoms with van der Waals surface area (Å²) in [6, 6.07) is 16.7. The average Bonchev–Trinajstić information content (AvgIpc) is 3.19. The van der Waals surface area contributed by atoms with E-state index in [2.05, 4.69) is 15.5 Å². The molecular formula is C20H19ClN4O2. The number of hydrogen-bond acceptors (Lipinski definition) is 4. The highest BCUT2D eigenvalue weighted by Crippen LogP contribution is 2.28. The largest absolute Gasteiger partial charge is 0.339 e. The Bertz CT molecular complexity index is 928. The smallest absolute Gasteiger partial charge is 0.321 e. The quantitative estimate of drug-likeness (QED) is 0.706. The molecule has 2 amide bonds. The van der Waals surface area contributed by atoms with Gasteiger partial charge in [0.1, 0.15) is 0 Å². The van der Waals surface area contributed by atoms with Crippen molar-refractivity contribution >= 4 is 23.3 Å². The molecule has 2 heterocycles. The average molecular weight is 383 g/mol. The first-order chi connectivity index (χ1) is 13.2. The number of amides is 2. The number of rotatable bonds is 3. The molecule has 3 aromatic rings. The molecule has 1 aliphatic rings. The number of benzene rings is 2. The number of carbonyl (C=O) groups excluding carboxylic acids is 1. The summed E-state index contributed by atoms with van der Waals surface area (Å²) in [7, 11) is 0. The van der Waals surface area contributed by atoms with E-state index in [1.54, 1.807) is 17.0 Å². The number of halogens is 1. The molecule has 7 heteroatoms. The van der Waals surface area contributed by atoms with E-state index in [1.807, 2.05) is 42.5 Å². The highest BCUT2D eigenvalue weighted by Gasteiger charge is 2.28. The number of carbonyl (C=O) groups is 1. The molecule has 1 N–H and O–H groups in total. The minimum Gasteiger partial charge on any atom is -0.339 e. The summed E-state index contributed by atoms with van der Waals surface area (Å²) >= 11 is 6.03. The van der Waals surface area contributed by atoms with Crippen molar-refractivity contribution in [1.29, 1.82) is 0 Å². The Labute approximate surface area is 162 Å². The van der Waals surface area contributed by atoms with Crippen LogP contribution >= 0.6 is 11.6 Å². The molecule has 1 fully saturated rings. The standard InChI is InChI=1S/C20H19ClN4O2/c21-16-8-4-6-14(12-16)18-23-19(27-24-18)15-7-5-11-25(13-15)20(26)22-17-9-2-1-3-10-17/h1-4,6,8-10,12,15H,5,7,11,13H2,(H,22,26). The number of aromatic nitrogens is 2. The Morgan fingerprint density at radius 2 is 2.04 bits per heavy atom. The number of nitrogens with one attached hydrogen (secondary N) is 1. The topological polar surface area (TPSA) is 71.3 Å². The zero-order valence-corrected chi connectivity index (χ0v) is 15.4. The van der Waals surface area contributed by atoms with Crippen LogP contribution < -0.4 is 5.32 Å². The first-order valence-electron chi connectivity index (χ1n) is 8.89. The van der Waals surface area contributed by atoms with Gasteiger partial charge in [0.25, 0.3) is 0 Å². The molecule has 1 aromatic heterocycles. The van der Waals surface area contributed by atoms with Gasteiger partial charge in [0.05, 0.1) is 5.92 Å². The number of hydrogen-bond donors (Lipinski definition) is 1. The summed E-state index contributed by atoms with van der Waals surface area (Å²) in [5.74, 6) is 1.10. The molecule has 0 spiro atoms. The van der Waals surface area contributed by atoms with Crippen LogP contribution in [-0.4, -0.2) is 34.2 Å². The molecule has 0 bridgehead atoms. The maximum Gasteiger partial charge on any atom is 0.321 e. The molecule has 0 saturated carbocycles. The van der Waals surface area contributed by atoms with Crippen molar-refractivity contribution in [2.24, 2.45) is 0 Å². The van der Waals surface area contributed by atoms with E-state index in [0.717, 1.165) is 24.1 Å². The highest BCUT2D eigenvalue weighted by atomic mass is 35.5. The van der Waals surface area contributed by atoms with Gasteiger partial charge in [0.2, 0.25) is 11.7 Å². The lowest BCUT2D eigenvalue weighted by atomic mass is 9.98. The van der Waals surface area contributed by atoms with Crippen molar-refractivity contribution in [2.45, 2.75) is 18.8 Å². The first-order valence-corrected chi connectivity index (χ1v) is 9.27. The molecule has 1 aliphatic heterocycles. The minimum atomic E-state index is -0.111. The summed E-state index contributed by atoms with van der Waals surface area (Å²) in [5, 5.41) is 7.63. The number of likely N-dealkylation sites (tertiary alicyclic amines) is 1. The summed E-state index contributed by atoms with van der Waals surface area (Å²) < 4.78 is 5.48. The summed E-state index contributed by atoms with van der Waals surface area (Å²) in [5.41, 5.74) is 1.60. The van der Waals surface area contributed by atoms with E-state index in [0.29, 0.717) is 29.8 Å². The molecule has 138 valence electrons. The zero-order valence-electron chi connectivity index (χ0n) is 14.6. The minimum absolute atomic E-state index is 0.0284. The Morgan fingerprint density at radius 1 is 1.19 bits per heavy atom. The van der Waals surface area contributed by atoms with Gasteiger partial charge in [-0.1, -0.05) is 47.1 Å². The van der Waals surface area contributed by atoms with Crippen LogP contribution in [0.15, 0.2) is 59.1 Å². The van der Waals surface area contributed by atoms with Crippen molar-refractivity contribution < 1.29 is 9.32 Å². The lowest BCUT2D eigenvalue weighted by molar-refractivity contribution is 0.184. The van der Waals surface area contributed by atoms with Gasteiger partial charge in [-0.3, -0.25) is 0 Å². The second-order valence-electron chi connectivity index (χ2n) is 6.55. The van der Waals surface area contributed by atoms with Gasteiger partial charge < -0.3 is 14.7 Å². The Hall–Kier alpha value is -2.86. The van der Waals surface area contributed by atoms with Gasteiger partial charge >= 0.3 is 6.03 Å². The van der Waals surface area contributed by atoms with E-state index < -0.39 is 0 Å².